The van der Waals surface area contributed by atoms with Crippen LogP contribution in [0.3, 0.4) is 0 Å². The number of carbonyl (C=O) groups is 2. The van der Waals surface area contributed by atoms with E-state index in [1.54, 1.807) is 11.0 Å². The topological polar surface area (TPSA) is 77.5 Å². The SMILES string of the molecule is CN(C)C1CCN(C(=O)Oc2cc(F)ccc2C=C2SC(N3CCCCN3)=NC2=O)C1. The molecule has 0 aromatic heterocycles. The minimum Gasteiger partial charge on any atom is -0.409 e. The molecule has 0 spiro atoms. The Morgan fingerprint density at radius 1 is 1.35 bits per heavy atom. The number of likely N-dealkylation sites (tertiary alicyclic amines) is 1. The number of nitrogens with one attached hydrogen (secondary N) is 1. The highest BCUT2D eigenvalue weighted by atomic mass is 32.2. The van der Waals surface area contributed by atoms with Crippen LogP contribution in [0.15, 0.2) is 28.1 Å². The van der Waals surface area contributed by atoms with Crippen LogP contribution in [0, 0.1) is 5.82 Å². The third-order valence-electron chi connectivity index (χ3n) is 5.56. The lowest BCUT2D eigenvalue weighted by Gasteiger charge is -2.28. The van der Waals surface area contributed by atoms with Crippen LogP contribution in [-0.2, 0) is 4.79 Å². The number of nitrogens with zero attached hydrogens (tertiary/aromatic N) is 4. The second-order valence-corrected chi connectivity index (χ2v) is 8.99. The van der Waals surface area contributed by atoms with Gasteiger partial charge in [-0.2, -0.15) is 4.99 Å². The third kappa shape index (κ3) is 5.08. The number of amides is 2. The Morgan fingerprint density at radius 2 is 2.19 bits per heavy atom. The van der Waals surface area contributed by atoms with E-state index in [4.69, 9.17) is 4.74 Å². The van der Waals surface area contributed by atoms with E-state index in [-0.39, 0.29) is 17.7 Å². The molecule has 2 fully saturated rings. The number of hydrazine groups is 1. The molecule has 2 amide bonds. The molecule has 8 nitrogen and oxygen atoms in total. The number of hydrogen-bond acceptors (Lipinski definition) is 7. The van der Waals surface area contributed by atoms with Crippen molar-refractivity contribution < 1.29 is 18.7 Å². The van der Waals surface area contributed by atoms with Crippen LogP contribution < -0.4 is 10.2 Å². The number of amidine groups is 1. The van der Waals surface area contributed by atoms with Gasteiger partial charge in [-0.25, -0.2) is 14.6 Å². The lowest BCUT2D eigenvalue weighted by molar-refractivity contribution is -0.113. The van der Waals surface area contributed by atoms with Crippen molar-refractivity contribution in [2.75, 3.05) is 40.3 Å². The number of rotatable bonds is 3. The van der Waals surface area contributed by atoms with Crippen LogP contribution in [0.2, 0.25) is 0 Å². The average molecular weight is 448 g/mol. The van der Waals surface area contributed by atoms with Gasteiger partial charge in [0.15, 0.2) is 5.17 Å². The Morgan fingerprint density at radius 3 is 2.90 bits per heavy atom. The Bertz CT molecular complexity index is 930. The number of halogens is 1. The van der Waals surface area contributed by atoms with Gasteiger partial charge in [-0.1, -0.05) is 0 Å². The summed E-state index contributed by atoms with van der Waals surface area (Å²) in [4.78, 5) is 33.3. The maximum atomic E-state index is 13.9. The Labute approximate surface area is 185 Å². The second kappa shape index (κ2) is 9.37. The van der Waals surface area contributed by atoms with E-state index in [0.717, 1.165) is 32.4 Å². The molecule has 1 aromatic rings. The first-order valence-corrected chi connectivity index (χ1v) is 11.2. The van der Waals surface area contributed by atoms with Gasteiger partial charge in [0.2, 0.25) is 0 Å². The summed E-state index contributed by atoms with van der Waals surface area (Å²) in [6.45, 7) is 2.78. The van der Waals surface area contributed by atoms with Crippen molar-refractivity contribution in [3.8, 4) is 5.75 Å². The van der Waals surface area contributed by atoms with Crippen molar-refractivity contribution >= 4 is 35.0 Å². The predicted molar refractivity (Wildman–Crippen MR) is 118 cm³/mol. The fourth-order valence-corrected chi connectivity index (χ4v) is 4.62. The van der Waals surface area contributed by atoms with Gasteiger partial charge in [-0.05, 0) is 63.3 Å². The number of likely N-dealkylation sites (N-methyl/N-ethyl adjacent to an activating group) is 1. The summed E-state index contributed by atoms with van der Waals surface area (Å²) in [5, 5.41) is 2.48. The summed E-state index contributed by atoms with van der Waals surface area (Å²) >= 11 is 1.26. The summed E-state index contributed by atoms with van der Waals surface area (Å²) in [6, 6.07) is 4.22. The van der Waals surface area contributed by atoms with Gasteiger partial charge in [0.25, 0.3) is 5.91 Å². The van der Waals surface area contributed by atoms with Crippen molar-refractivity contribution in [2.45, 2.75) is 25.3 Å². The predicted octanol–water partition coefficient (Wildman–Crippen LogP) is 2.53. The number of aliphatic imine (C=N–C) groups is 1. The van der Waals surface area contributed by atoms with Gasteiger partial charge in [0, 0.05) is 43.9 Å². The standard InChI is InChI=1S/C21H26FN5O3S/c1-25(2)16-7-10-26(13-16)21(29)30-17-12-15(22)6-5-14(17)11-18-19(28)24-20(31-18)27-9-4-3-8-23-27/h5-6,11-12,16,23H,3-4,7-10,13H2,1-2H3. The number of ether oxygens (including phenoxy) is 1. The van der Waals surface area contributed by atoms with Crippen LogP contribution >= 0.6 is 11.8 Å². The average Bonchev–Trinajstić information content (AvgIpc) is 3.38. The molecule has 0 saturated carbocycles. The fourth-order valence-electron chi connectivity index (χ4n) is 3.71. The summed E-state index contributed by atoms with van der Waals surface area (Å²) in [7, 11) is 3.95. The highest BCUT2D eigenvalue weighted by Gasteiger charge is 2.30. The van der Waals surface area contributed by atoms with E-state index in [1.165, 1.54) is 30.0 Å². The number of hydrogen-bond donors (Lipinski definition) is 1. The molecule has 1 unspecified atom stereocenters. The first-order valence-electron chi connectivity index (χ1n) is 10.4. The van der Waals surface area contributed by atoms with E-state index in [2.05, 4.69) is 15.3 Å². The van der Waals surface area contributed by atoms with Crippen molar-refractivity contribution in [3.63, 3.8) is 0 Å². The molecule has 1 atom stereocenters. The number of benzene rings is 1. The molecule has 3 aliphatic heterocycles. The smallest absolute Gasteiger partial charge is 0.409 e. The fraction of sp³-hybridized carbons (Fsp3) is 0.476. The summed E-state index contributed by atoms with van der Waals surface area (Å²) < 4.78 is 19.4. The normalized spacial score (nSPS) is 23.1. The molecule has 4 rings (SSSR count). The van der Waals surface area contributed by atoms with Crippen LogP contribution in [0.5, 0.6) is 5.75 Å². The van der Waals surface area contributed by atoms with E-state index in [0.29, 0.717) is 28.7 Å². The molecule has 3 aliphatic rings. The van der Waals surface area contributed by atoms with E-state index in [9.17, 15) is 14.0 Å². The molecule has 0 bridgehead atoms. The van der Waals surface area contributed by atoms with Gasteiger partial charge in [0.1, 0.15) is 11.6 Å². The molecular weight excluding hydrogens is 421 g/mol. The van der Waals surface area contributed by atoms with Gasteiger partial charge >= 0.3 is 6.09 Å². The first-order chi connectivity index (χ1) is 14.9. The molecule has 10 heteroatoms. The lowest BCUT2D eigenvalue weighted by atomic mass is 10.2. The quantitative estimate of drug-likeness (QED) is 0.714. The molecule has 3 heterocycles. The van der Waals surface area contributed by atoms with Crippen molar-refractivity contribution in [1.29, 1.82) is 0 Å². The van der Waals surface area contributed by atoms with Crippen LogP contribution in [-0.4, -0.2) is 78.3 Å². The monoisotopic (exact) mass is 447 g/mol. The van der Waals surface area contributed by atoms with Gasteiger partial charge in [-0.15, -0.1) is 0 Å². The Kier molecular flexibility index (Phi) is 6.59. The zero-order valence-electron chi connectivity index (χ0n) is 17.6. The highest BCUT2D eigenvalue weighted by molar-refractivity contribution is 8.18. The van der Waals surface area contributed by atoms with Crippen molar-refractivity contribution in [3.05, 3.63) is 34.5 Å². The van der Waals surface area contributed by atoms with E-state index in [1.807, 2.05) is 19.1 Å². The largest absolute Gasteiger partial charge is 0.415 e. The summed E-state index contributed by atoms with van der Waals surface area (Å²) in [5.41, 5.74) is 3.68. The zero-order chi connectivity index (χ0) is 22.0. The van der Waals surface area contributed by atoms with Crippen LogP contribution in [0.4, 0.5) is 9.18 Å². The van der Waals surface area contributed by atoms with Crippen molar-refractivity contribution in [2.24, 2.45) is 4.99 Å². The Hall–Kier alpha value is -2.43. The third-order valence-corrected chi connectivity index (χ3v) is 6.57. The minimum atomic E-state index is -0.519. The van der Waals surface area contributed by atoms with Gasteiger partial charge in [0.05, 0.1) is 4.91 Å². The molecule has 0 radical (unpaired) electrons. The maximum absolute atomic E-state index is 13.9. The Balaban J connectivity index is 1.48. The molecule has 31 heavy (non-hydrogen) atoms. The highest BCUT2D eigenvalue weighted by Crippen LogP contribution is 2.33. The summed E-state index contributed by atoms with van der Waals surface area (Å²) in [6.07, 6.45) is 4.06. The molecule has 2 saturated heterocycles. The summed E-state index contributed by atoms with van der Waals surface area (Å²) in [5.74, 6) is -0.788. The van der Waals surface area contributed by atoms with E-state index >= 15 is 0 Å². The molecular formula is C21H26FN5O3S. The van der Waals surface area contributed by atoms with E-state index < -0.39 is 11.9 Å². The van der Waals surface area contributed by atoms with Crippen LogP contribution in [0.1, 0.15) is 24.8 Å². The molecule has 1 aromatic carbocycles. The molecule has 1 N–H and O–H groups in total. The number of carbonyl (C=O) groups excluding carboxylic acids is 2. The maximum Gasteiger partial charge on any atom is 0.415 e. The van der Waals surface area contributed by atoms with Gasteiger partial charge < -0.3 is 14.5 Å². The second-order valence-electron chi connectivity index (χ2n) is 7.98. The molecule has 166 valence electrons. The lowest BCUT2D eigenvalue weighted by Crippen LogP contribution is -2.45. The molecule has 0 aliphatic carbocycles. The minimum absolute atomic E-state index is 0.0868. The first kappa shape index (κ1) is 21.8. The van der Waals surface area contributed by atoms with Crippen LogP contribution in [0.25, 0.3) is 6.08 Å². The van der Waals surface area contributed by atoms with Crippen molar-refractivity contribution in [1.82, 2.24) is 20.2 Å². The number of thioether (sulfide) groups is 1. The zero-order valence-corrected chi connectivity index (χ0v) is 18.5. The van der Waals surface area contributed by atoms with Gasteiger partial charge in [-0.3, -0.25) is 9.80 Å².